The highest BCUT2D eigenvalue weighted by atomic mass is 16.3. The van der Waals surface area contributed by atoms with E-state index in [2.05, 4.69) is 52.9 Å². The van der Waals surface area contributed by atoms with E-state index < -0.39 is 23.3 Å². The van der Waals surface area contributed by atoms with Crippen LogP contribution >= 0.6 is 0 Å². The molecule has 0 aromatic heterocycles. The molecule has 8 N–H and O–H groups in total. The zero-order valence-electron chi connectivity index (χ0n) is 32.6. The maximum atomic E-state index is 12.5. The van der Waals surface area contributed by atoms with Crippen molar-refractivity contribution in [1.29, 1.82) is 0 Å². The molecule has 1 aliphatic heterocycles. The Hall–Kier alpha value is -2.73. The summed E-state index contributed by atoms with van der Waals surface area (Å²) in [7, 11) is 3.79. The second kappa shape index (κ2) is 20.3. The molecule has 0 radical (unpaired) electrons. The molecule has 8 atom stereocenters. The highest BCUT2D eigenvalue weighted by Crippen LogP contribution is 2.63. The Kier molecular flexibility index (Phi) is 16.4. The Morgan fingerprint density at radius 1 is 1.08 bits per heavy atom. The van der Waals surface area contributed by atoms with Crippen LogP contribution in [0.1, 0.15) is 82.8 Å². The maximum absolute atomic E-state index is 12.5. The minimum absolute atomic E-state index is 0.0123. The van der Waals surface area contributed by atoms with E-state index in [-0.39, 0.29) is 37.0 Å². The average molecular weight is 734 g/mol. The van der Waals surface area contributed by atoms with E-state index in [1.807, 2.05) is 46.2 Å². The lowest BCUT2D eigenvalue weighted by molar-refractivity contribution is -0.180. The third kappa shape index (κ3) is 10.1. The fraction of sp³-hybridized carbons (Fsp3) is 0.614. The number of allylic oxidation sites excluding steroid dienone is 7. The largest absolute Gasteiger partial charge is 0.396 e. The van der Waals surface area contributed by atoms with E-state index in [0.29, 0.717) is 69.1 Å². The smallest absolute Gasteiger partial charge is 0.145 e. The predicted molar refractivity (Wildman–Crippen MR) is 213 cm³/mol. The number of benzene rings is 1. The minimum atomic E-state index is -1.19. The van der Waals surface area contributed by atoms with Crippen LogP contribution in [0.4, 0.5) is 0 Å². The summed E-state index contributed by atoms with van der Waals surface area (Å²) in [5.41, 5.74) is 4.47. The topological polar surface area (TPSA) is 154 Å². The van der Waals surface area contributed by atoms with E-state index in [1.54, 1.807) is 0 Å². The van der Waals surface area contributed by atoms with Crippen LogP contribution in [0.25, 0.3) is 0 Å². The number of hydrogen-bond donors (Lipinski definition) is 8. The Bertz CT molecular complexity index is 1500. The first-order valence-electron chi connectivity index (χ1n) is 19.8. The summed E-state index contributed by atoms with van der Waals surface area (Å²) >= 11 is 0. The third-order valence-corrected chi connectivity index (χ3v) is 12.7. The molecule has 4 rings (SSSR count). The van der Waals surface area contributed by atoms with Crippen LogP contribution in [0.5, 0.6) is 0 Å². The van der Waals surface area contributed by atoms with E-state index in [9.17, 15) is 30.3 Å². The van der Waals surface area contributed by atoms with Crippen LogP contribution in [0, 0.1) is 23.2 Å². The molecule has 1 spiro atoms. The zero-order valence-corrected chi connectivity index (χ0v) is 32.6. The molecule has 53 heavy (non-hydrogen) atoms. The van der Waals surface area contributed by atoms with Gasteiger partial charge in [-0.1, -0.05) is 66.3 Å². The molecule has 1 aromatic carbocycles. The number of carbonyl (C=O) groups is 1. The summed E-state index contributed by atoms with van der Waals surface area (Å²) < 4.78 is 0. The van der Waals surface area contributed by atoms with Crippen LogP contribution in [0.3, 0.4) is 0 Å². The second-order valence-electron chi connectivity index (χ2n) is 15.9. The van der Waals surface area contributed by atoms with Crippen LogP contribution in [-0.2, 0) is 17.6 Å². The quantitative estimate of drug-likeness (QED) is 0.0566. The number of fused-ring (bicyclic) bond motifs is 2. The molecule has 294 valence electrons. The van der Waals surface area contributed by atoms with Gasteiger partial charge < -0.3 is 36.2 Å². The van der Waals surface area contributed by atoms with Gasteiger partial charge in [-0.2, -0.15) is 0 Å². The van der Waals surface area contributed by atoms with Gasteiger partial charge in [0.05, 0.1) is 18.3 Å². The summed E-state index contributed by atoms with van der Waals surface area (Å²) in [5, 5.41) is 66.2. The standard InChI is InChI=1S/C44H67N3O6/c1-30(35-15-14-31(2)42(52)47-37(18-22-45-4)27-34-11-7-10-33(25-34)26-35)9-6-12-36(29-50)39-17-20-44(41(39)51)40(13-8-24-48)38(32(3)28-49)16-19-43(44,53)21-23-46-5/h6-7,9-12,14,25,28,35,37,39-42,45-48,50-53H,1,8,13,15-24,26-27,29H2,2-5H3. The molecule has 1 heterocycles. The second-order valence-corrected chi connectivity index (χ2v) is 15.9. The van der Waals surface area contributed by atoms with Gasteiger partial charge in [-0.15, -0.1) is 0 Å². The van der Waals surface area contributed by atoms with Gasteiger partial charge in [0.1, 0.15) is 12.5 Å². The minimum Gasteiger partial charge on any atom is -0.396 e. The molecule has 9 nitrogen and oxygen atoms in total. The lowest BCUT2D eigenvalue weighted by Crippen LogP contribution is -2.61. The van der Waals surface area contributed by atoms with E-state index in [0.717, 1.165) is 48.8 Å². The monoisotopic (exact) mass is 734 g/mol. The number of aliphatic hydroxyl groups is 5. The molecule has 3 aliphatic rings. The third-order valence-electron chi connectivity index (χ3n) is 12.7. The normalized spacial score (nSPS) is 32.3. The van der Waals surface area contributed by atoms with Crippen molar-refractivity contribution in [3.63, 3.8) is 0 Å². The van der Waals surface area contributed by atoms with Crippen LogP contribution in [-0.4, -0.2) is 96.2 Å². The van der Waals surface area contributed by atoms with Gasteiger partial charge >= 0.3 is 0 Å². The van der Waals surface area contributed by atoms with Gasteiger partial charge in [0.15, 0.2) is 0 Å². The molecule has 2 fully saturated rings. The number of rotatable bonds is 15. The van der Waals surface area contributed by atoms with Crippen molar-refractivity contribution < 1.29 is 30.3 Å². The number of nitrogens with one attached hydrogen (secondary N) is 3. The van der Waals surface area contributed by atoms with Crippen LogP contribution in [0.2, 0.25) is 0 Å². The summed E-state index contributed by atoms with van der Waals surface area (Å²) in [6.45, 7) is 9.42. The molecule has 2 aliphatic carbocycles. The highest BCUT2D eigenvalue weighted by Gasteiger charge is 2.65. The van der Waals surface area contributed by atoms with Gasteiger partial charge in [-0.25, -0.2) is 0 Å². The average Bonchev–Trinajstić information content (AvgIpc) is 3.50. The Morgan fingerprint density at radius 3 is 2.49 bits per heavy atom. The van der Waals surface area contributed by atoms with Crippen LogP contribution in [0.15, 0.2) is 83.0 Å². The molecular weight excluding hydrogens is 666 g/mol. The number of aliphatic hydroxyl groups excluding tert-OH is 4. The first-order chi connectivity index (χ1) is 25.5. The summed E-state index contributed by atoms with van der Waals surface area (Å²) in [5.74, 6) is -0.570. The lowest BCUT2D eigenvalue weighted by Gasteiger charge is -2.57. The Balaban J connectivity index is 1.61. The molecule has 2 bridgehead atoms. The fourth-order valence-corrected chi connectivity index (χ4v) is 9.58. The number of hydrogen-bond acceptors (Lipinski definition) is 9. The van der Waals surface area contributed by atoms with Gasteiger partial charge in [-0.05, 0) is 151 Å². The van der Waals surface area contributed by atoms with E-state index >= 15 is 0 Å². The van der Waals surface area contributed by atoms with E-state index in [4.69, 9.17) is 0 Å². The molecule has 8 unspecified atom stereocenters. The predicted octanol–water partition coefficient (Wildman–Crippen LogP) is 4.45. The number of aldehydes is 1. The molecule has 0 saturated heterocycles. The van der Waals surface area contributed by atoms with Crippen molar-refractivity contribution >= 4 is 6.29 Å². The fourth-order valence-electron chi connectivity index (χ4n) is 9.58. The van der Waals surface area contributed by atoms with Crippen molar-refractivity contribution in [3.8, 4) is 0 Å². The number of carbonyl (C=O) groups excluding carboxylic acids is 1. The van der Waals surface area contributed by atoms with Crippen molar-refractivity contribution in [3.05, 3.63) is 94.1 Å². The van der Waals surface area contributed by atoms with Gasteiger partial charge in [-0.3, -0.25) is 10.1 Å². The summed E-state index contributed by atoms with van der Waals surface area (Å²) in [6, 6.07) is 8.81. The highest BCUT2D eigenvalue weighted by molar-refractivity contribution is 5.74. The van der Waals surface area contributed by atoms with Crippen molar-refractivity contribution in [2.75, 3.05) is 40.4 Å². The molecule has 1 aromatic rings. The lowest BCUT2D eigenvalue weighted by atomic mass is 9.51. The SMILES string of the molecule is C=C(C=CC=C(CO)C1CCC2(C(CCCO)C(=C(C)C=O)CCC2(O)CCNC)C1O)C1CC=C(C)C(O)NC(CCNC)Cc2cccc(c2)C1. The van der Waals surface area contributed by atoms with Gasteiger partial charge in [0, 0.05) is 24.0 Å². The molecule has 2 saturated carbocycles. The van der Waals surface area contributed by atoms with Gasteiger partial charge in [0.2, 0.25) is 0 Å². The first-order valence-corrected chi connectivity index (χ1v) is 19.8. The zero-order chi connectivity index (χ0) is 38.6. The summed E-state index contributed by atoms with van der Waals surface area (Å²) in [6.07, 6.45) is 13.9. The molecule has 9 heteroatoms. The van der Waals surface area contributed by atoms with Crippen molar-refractivity contribution in [2.45, 2.75) is 108 Å². The van der Waals surface area contributed by atoms with Crippen LogP contribution < -0.4 is 16.0 Å². The molecular formula is C44H67N3O6. The van der Waals surface area contributed by atoms with Crippen molar-refractivity contribution in [2.24, 2.45) is 23.2 Å². The van der Waals surface area contributed by atoms with E-state index in [1.165, 1.54) is 11.1 Å². The maximum Gasteiger partial charge on any atom is 0.145 e. The first kappa shape index (κ1) is 43.0. The Morgan fingerprint density at radius 2 is 1.81 bits per heavy atom. The Labute approximate surface area is 318 Å². The van der Waals surface area contributed by atoms with Gasteiger partial charge in [0.25, 0.3) is 0 Å². The summed E-state index contributed by atoms with van der Waals surface area (Å²) in [4.78, 5) is 12.0. The van der Waals surface area contributed by atoms with Crippen molar-refractivity contribution in [1.82, 2.24) is 16.0 Å². The molecule has 0 amide bonds.